The first-order valence-corrected chi connectivity index (χ1v) is 9.74. The van der Waals surface area contributed by atoms with Crippen molar-refractivity contribution in [2.45, 2.75) is 25.3 Å². The summed E-state index contributed by atoms with van der Waals surface area (Å²) >= 11 is 0. The zero-order valence-corrected chi connectivity index (χ0v) is 15.5. The molecule has 142 valence electrons. The number of amides is 1. The number of nitrogens with zero attached hydrogens (tertiary/aromatic N) is 2. The third kappa shape index (κ3) is 3.01. The predicted octanol–water partition coefficient (Wildman–Crippen LogP) is 3.64. The summed E-state index contributed by atoms with van der Waals surface area (Å²) in [7, 11) is 0. The molecule has 5 rings (SSSR count). The van der Waals surface area contributed by atoms with Crippen molar-refractivity contribution < 1.29 is 9.21 Å². The summed E-state index contributed by atoms with van der Waals surface area (Å²) in [6, 6.07) is 16.2. The highest BCUT2D eigenvalue weighted by atomic mass is 16.4. The summed E-state index contributed by atoms with van der Waals surface area (Å²) < 4.78 is 5.87. The number of anilines is 1. The average molecular weight is 374 g/mol. The van der Waals surface area contributed by atoms with Gasteiger partial charge >= 0.3 is 0 Å². The van der Waals surface area contributed by atoms with Crippen molar-refractivity contribution in [3.8, 4) is 0 Å². The van der Waals surface area contributed by atoms with Crippen LogP contribution in [0, 0.1) is 0 Å². The Hall–Kier alpha value is -3.28. The molecule has 2 N–H and O–H groups in total. The SMILES string of the molecule is O=C(NCCc1c[nH]c2ccccc12)C1CCCN1c1nc2ccccc2o1. The fourth-order valence-electron chi connectivity index (χ4n) is 4.03. The highest BCUT2D eigenvalue weighted by Crippen LogP contribution is 2.28. The lowest BCUT2D eigenvalue weighted by atomic mass is 10.1. The van der Waals surface area contributed by atoms with E-state index in [1.807, 2.05) is 47.5 Å². The monoisotopic (exact) mass is 374 g/mol. The summed E-state index contributed by atoms with van der Waals surface area (Å²) in [5, 5.41) is 4.31. The van der Waals surface area contributed by atoms with Gasteiger partial charge in [-0.05, 0) is 43.0 Å². The number of H-pyrrole nitrogens is 1. The molecular formula is C22H22N4O2. The van der Waals surface area contributed by atoms with Crippen LogP contribution in [0.25, 0.3) is 22.0 Å². The van der Waals surface area contributed by atoms with Crippen LogP contribution >= 0.6 is 0 Å². The standard InChI is InChI=1S/C22H22N4O2/c27-21(23-12-11-15-14-24-17-7-2-1-6-16(15)17)19-9-5-13-26(19)22-25-18-8-3-4-10-20(18)28-22/h1-4,6-8,10,14,19,24H,5,9,11-13H2,(H,23,27). The van der Waals surface area contributed by atoms with E-state index in [9.17, 15) is 4.79 Å². The van der Waals surface area contributed by atoms with E-state index in [1.54, 1.807) is 0 Å². The van der Waals surface area contributed by atoms with Gasteiger partial charge in [0.05, 0.1) is 0 Å². The minimum Gasteiger partial charge on any atom is -0.423 e. The van der Waals surface area contributed by atoms with Crippen LogP contribution in [0.2, 0.25) is 0 Å². The minimum atomic E-state index is -0.226. The number of hydrogen-bond donors (Lipinski definition) is 2. The molecule has 1 aliphatic rings. The molecule has 0 spiro atoms. The third-order valence-corrected chi connectivity index (χ3v) is 5.45. The Labute approximate surface area is 162 Å². The maximum atomic E-state index is 12.8. The molecular weight excluding hydrogens is 352 g/mol. The van der Waals surface area contributed by atoms with Gasteiger partial charge in [-0.15, -0.1) is 0 Å². The van der Waals surface area contributed by atoms with E-state index >= 15 is 0 Å². The lowest BCUT2D eigenvalue weighted by Gasteiger charge is -2.21. The number of carbonyl (C=O) groups is 1. The average Bonchev–Trinajstić information content (AvgIpc) is 3.45. The van der Waals surface area contributed by atoms with Gasteiger partial charge in [-0.2, -0.15) is 4.98 Å². The molecule has 3 heterocycles. The molecule has 0 bridgehead atoms. The lowest BCUT2D eigenvalue weighted by Crippen LogP contribution is -2.44. The zero-order chi connectivity index (χ0) is 18.9. The number of aromatic nitrogens is 2. The summed E-state index contributed by atoms with van der Waals surface area (Å²) in [5.41, 5.74) is 3.92. The second-order valence-electron chi connectivity index (χ2n) is 7.22. The molecule has 1 atom stereocenters. The minimum absolute atomic E-state index is 0.0413. The van der Waals surface area contributed by atoms with Gasteiger partial charge in [0.15, 0.2) is 5.58 Å². The van der Waals surface area contributed by atoms with E-state index in [4.69, 9.17) is 4.42 Å². The number of aromatic amines is 1. The van der Waals surface area contributed by atoms with Gasteiger partial charge in [0.1, 0.15) is 11.6 Å². The van der Waals surface area contributed by atoms with Crippen molar-refractivity contribution >= 4 is 33.9 Å². The van der Waals surface area contributed by atoms with Gasteiger partial charge in [0, 0.05) is 30.2 Å². The van der Waals surface area contributed by atoms with Crippen molar-refractivity contribution in [3.05, 3.63) is 60.3 Å². The van der Waals surface area contributed by atoms with Crippen molar-refractivity contribution in [2.24, 2.45) is 0 Å². The smallest absolute Gasteiger partial charge is 0.299 e. The fourth-order valence-corrected chi connectivity index (χ4v) is 4.03. The highest BCUT2D eigenvalue weighted by molar-refractivity contribution is 5.86. The van der Waals surface area contributed by atoms with Crippen LogP contribution in [0.5, 0.6) is 0 Å². The molecule has 1 amide bonds. The lowest BCUT2D eigenvalue weighted by molar-refractivity contribution is -0.122. The van der Waals surface area contributed by atoms with E-state index in [0.29, 0.717) is 12.6 Å². The summed E-state index contributed by atoms with van der Waals surface area (Å²) in [6.07, 6.45) is 4.60. The van der Waals surface area contributed by atoms with E-state index in [1.165, 1.54) is 10.9 Å². The van der Waals surface area contributed by atoms with Crippen molar-refractivity contribution in [1.82, 2.24) is 15.3 Å². The van der Waals surface area contributed by atoms with Gasteiger partial charge in [-0.1, -0.05) is 30.3 Å². The Balaban J connectivity index is 1.25. The Kier molecular flexibility index (Phi) is 4.24. The molecule has 2 aromatic carbocycles. The van der Waals surface area contributed by atoms with Gasteiger partial charge in [0.2, 0.25) is 5.91 Å². The molecule has 4 aromatic rings. The van der Waals surface area contributed by atoms with Crippen LogP contribution in [0.4, 0.5) is 6.01 Å². The number of nitrogens with one attached hydrogen (secondary N) is 2. The molecule has 1 saturated heterocycles. The zero-order valence-electron chi connectivity index (χ0n) is 15.5. The summed E-state index contributed by atoms with van der Waals surface area (Å²) in [4.78, 5) is 22.6. The normalized spacial score (nSPS) is 16.9. The maximum absolute atomic E-state index is 12.8. The molecule has 2 aromatic heterocycles. The molecule has 1 fully saturated rings. The largest absolute Gasteiger partial charge is 0.423 e. The Morgan fingerprint density at radius 1 is 1.21 bits per heavy atom. The number of benzene rings is 2. The number of para-hydroxylation sites is 3. The maximum Gasteiger partial charge on any atom is 0.299 e. The number of oxazole rings is 1. The van der Waals surface area contributed by atoms with E-state index in [0.717, 1.165) is 42.4 Å². The Morgan fingerprint density at radius 2 is 2.07 bits per heavy atom. The van der Waals surface area contributed by atoms with Gasteiger partial charge in [0.25, 0.3) is 6.01 Å². The van der Waals surface area contributed by atoms with E-state index < -0.39 is 0 Å². The van der Waals surface area contributed by atoms with Crippen LogP contribution in [-0.4, -0.2) is 35.0 Å². The van der Waals surface area contributed by atoms with Gasteiger partial charge in [-0.25, -0.2) is 0 Å². The molecule has 0 radical (unpaired) electrons. The van der Waals surface area contributed by atoms with Crippen LogP contribution < -0.4 is 10.2 Å². The van der Waals surface area contributed by atoms with Crippen LogP contribution in [0.1, 0.15) is 18.4 Å². The summed E-state index contributed by atoms with van der Waals surface area (Å²) in [6.45, 7) is 1.39. The van der Waals surface area contributed by atoms with E-state index in [-0.39, 0.29) is 11.9 Å². The second kappa shape index (κ2) is 7.03. The van der Waals surface area contributed by atoms with Crippen molar-refractivity contribution in [2.75, 3.05) is 18.0 Å². The molecule has 1 unspecified atom stereocenters. The number of fused-ring (bicyclic) bond motifs is 2. The Morgan fingerprint density at radius 3 is 3.00 bits per heavy atom. The molecule has 1 aliphatic heterocycles. The number of carbonyl (C=O) groups excluding carboxylic acids is 1. The number of rotatable bonds is 5. The molecule has 0 saturated carbocycles. The van der Waals surface area contributed by atoms with Gasteiger partial charge < -0.3 is 19.6 Å². The fraction of sp³-hybridized carbons (Fsp3) is 0.273. The topological polar surface area (TPSA) is 74.2 Å². The first-order valence-electron chi connectivity index (χ1n) is 9.74. The van der Waals surface area contributed by atoms with Crippen LogP contribution in [-0.2, 0) is 11.2 Å². The van der Waals surface area contributed by atoms with Gasteiger partial charge in [-0.3, -0.25) is 4.79 Å². The first kappa shape index (κ1) is 16.9. The molecule has 0 aliphatic carbocycles. The quantitative estimate of drug-likeness (QED) is 0.559. The molecule has 28 heavy (non-hydrogen) atoms. The first-order chi connectivity index (χ1) is 13.8. The summed E-state index contributed by atoms with van der Waals surface area (Å²) in [5.74, 6) is 0.0413. The van der Waals surface area contributed by atoms with Crippen LogP contribution in [0.3, 0.4) is 0 Å². The Bertz CT molecular complexity index is 1100. The molecule has 6 nitrogen and oxygen atoms in total. The number of hydrogen-bond acceptors (Lipinski definition) is 4. The molecule has 6 heteroatoms. The third-order valence-electron chi connectivity index (χ3n) is 5.45. The van der Waals surface area contributed by atoms with Crippen LogP contribution in [0.15, 0.2) is 59.1 Å². The predicted molar refractivity (Wildman–Crippen MR) is 109 cm³/mol. The second-order valence-corrected chi connectivity index (χ2v) is 7.22. The highest BCUT2D eigenvalue weighted by Gasteiger charge is 2.33. The van der Waals surface area contributed by atoms with Crippen molar-refractivity contribution in [3.63, 3.8) is 0 Å². The van der Waals surface area contributed by atoms with Crippen molar-refractivity contribution in [1.29, 1.82) is 0 Å². The van der Waals surface area contributed by atoms with E-state index in [2.05, 4.69) is 27.4 Å².